The molecule has 0 aromatic heterocycles. The highest BCUT2D eigenvalue weighted by Crippen LogP contribution is 2.31. The zero-order valence-electron chi connectivity index (χ0n) is 13.4. The number of hydrogen-bond donors (Lipinski definition) is 1. The van der Waals surface area contributed by atoms with Gasteiger partial charge in [-0.1, -0.05) is 24.3 Å². The molecule has 2 aliphatic rings. The topological polar surface area (TPSA) is 24.5 Å². The molecule has 1 saturated heterocycles. The van der Waals surface area contributed by atoms with Crippen molar-refractivity contribution in [3.63, 3.8) is 0 Å². The van der Waals surface area contributed by atoms with Crippen LogP contribution in [0.4, 0.5) is 0 Å². The fraction of sp³-hybridized carbons (Fsp3) is 0.667. The molecular weight excluding hydrogens is 260 g/mol. The number of hydrogen-bond acceptors (Lipinski definition) is 3. The maximum absolute atomic E-state index is 5.72. The van der Waals surface area contributed by atoms with Crippen LogP contribution >= 0.6 is 0 Å². The van der Waals surface area contributed by atoms with E-state index in [1.54, 1.807) is 0 Å². The second-order valence-electron chi connectivity index (χ2n) is 7.06. The van der Waals surface area contributed by atoms with Crippen molar-refractivity contribution in [2.75, 3.05) is 33.4 Å². The first-order chi connectivity index (χ1) is 10.2. The van der Waals surface area contributed by atoms with Gasteiger partial charge < -0.3 is 15.0 Å². The number of ether oxygens (including phenoxy) is 1. The van der Waals surface area contributed by atoms with Gasteiger partial charge in [0.1, 0.15) is 0 Å². The predicted molar refractivity (Wildman–Crippen MR) is 86.4 cm³/mol. The Bertz CT molecular complexity index is 464. The highest BCUT2D eigenvalue weighted by atomic mass is 16.5. The van der Waals surface area contributed by atoms with Crippen LogP contribution in [0.3, 0.4) is 0 Å². The van der Waals surface area contributed by atoms with Crippen LogP contribution in [0, 0.1) is 12.3 Å². The van der Waals surface area contributed by atoms with E-state index in [9.17, 15) is 0 Å². The largest absolute Gasteiger partial charge is 0.381 e. The first-order valence-corrected chi connectivity index (χ1v) is 8.21. The van der Waals surface area contributed by atoms with Gasteiger partial charge in [0.25, 0.3) is 0 Å². The van der Waals surface area contributed by atoms with Crippen molar-refractivity contribution in [3.8, 4) is 0 Å². The van der Waals surface area contributed by atoms with E-state index in [1.807, 2.05) is 0 Å². The molecular formula is C18H28N2O. The minimum atomic E-state index is 0.306. The van der Waals surface area contributed by atoms with E-state index in [-0.39, 0.29) is 0 Å². The molecule has 3 rings (SSSR count). The zero-order valence-corrected chi connectivity index (χ0v) is 13.4. The zero-order chi connectivity index (χ0) is 14.7. The number of aryl methyl sites for hydroxylation is 1. The maximum atomic E-state index is 5.72. The third kappa shape index (κ3) is 4.06. The van der Waals surface area contributed by atoms with Gasteiger partial charge in [-0.05, 0) is 44.4 Å². The van der Waals surface area contributed by atoms with Crippen molar-refractivity contribution in [1.29, 1.82) is 0 Å². The predicted octanol–water partition coefficient (Wildman–Crippen LogP) is 2.59. The van der Waals surface area contributed by atoms with Crippen molar-refractivity contribution < 1.29 is 4.74 Å². The molecule has 1 unspecified atom stereocenters. The molecule has 0 amide bonds. The van der Waals surface area contributed by atoms with Crippen LogP contribution in [0.5, 0.6) is 0 Å². The van der Waals surface area contributed by atoms with Crippen molar-refractivity contribution in [1.82, 2.24) is 10.2 Å². The number of benzene rings is 1. The number of rotatable bonds is 7. The number of nitrogens with zero attached hydrogens (tertiary/aromatic N) is 1. The van der Waals surface area contributed by atoms with Gasteiger partial charge in [0.15, 0.2) is 0 Å². The van der Waals surface area contributed by atoms with Crippen LogP contribution in [0.15, 0.2) is 24.3 Å². The molecule has 21 heavy (non-hydrogen) atoms. The second kappa shape index (κ2) is 6.47. The minimum absolute atomic E-state index is 0.306. The van der Waals surface area contributed by atoms with E-state index in [4.69, 9.17) is 4.74 Å². The van der Waals surface area contributed by atoms with Gasteiger partial charge in [0.2, 0.25) is 0 Å². The molecule has 1 aromatic carbocycles. The molecule has 1 N–H and O–H groups in total. The van der Waals surface area contributed by atoms with Crippen molar-refractivity contribution in [3.05, 3.63) is 35.4 Å². The third-order valence-electron chi connectivity index (χ3n) is 4.83. The van der Waals surface area contributed by atoms with Gasteiger partial charge in [0.05, 0.1) is 6.61 Å². The molecule has 0 bridgehead atoms. The molecule has 1 heterocycles. The van der Waals surface area contributed by atoms with Gasteiger partial charge in [-0.15, -0.1) is 0 Å². The lowest BCUT2D eigenvalue weighted by molar-refractivity contribution is 0.116. The summed E-state index contributed by atoms with van der Waals surface area (Å²) in [5.41, 5.74) is 3.13. The van der Waals surface area contributed by atoms with Crippen LogP contribution in [-0.4, -0.2) is 44.3 Å². The summed E-state index contributed by atoms with van der Waals surface area (Å²) in [6.07, 6.45) is 3.90. The minimum Gasteiger partial charge on any atom is -0.381 e. The molecule has 3 heteroatoms. The Labute approximate surface area is 128 Å². The normalized spacial score (nSPS) is 25.7. The lowest BCUT2D eigenvalue weighted by atomic mass is 9.86. The average Bonchev–Trinajstić information content (AvgIpc) is 3.19. The van der Waals surface area contributed by atoms with E-state index in [2.05, 4.69) is 48.5 Å². The fourth-order valence-electron chi connectivity index (χ4n) is 3.32. The van der Waals surface area contributed by atoms with Crippen molar-refractivity contribution in [2.45, 2.75) is 38.8 Å². The molecule has 1 aliphatic heterocycles. The Balaban J connectivity index is 1.58. The summed E-state index contributed by atoms with van der Waals surface area (Å²) in [6.45, 7) is 7.27. The molecule has 1 aliphatic carbocycles. The summed E-state index contributed by atoms with van der Waals surface area (Å²) < 4.78 is 5.72. The Morgan fingerprint density at radius 3 is 2.81 bits per heavy atom. The summed E-state index contributed by atoms with van der Waals surface area (Å²) in [4.78, 5) is 2.46. The molecule has 3 nitrogen and oxygen atoms in total. The van der Waals surface area contributed by atoms with Crippen molar-refractivity contribution >= 4 is 0 Å². The first-order valence-electron chi connectivity index (χ1n) is 8.21. The smallest absolute Gasteiger partial charge is 0.0547 e. The first kappa shape index (κ1) is 15.0. The Hall–Kier alpha value is -0.900. The van der Waals surface area contributed by atoms with E-state index in [1.165, 1.54) is 30.4 Å². The second-order valence-corrected chi connectivity index (χ2v) is 7.06. The van der Waals surface area contributed by atoms with Crippen molar-refractivity contribution in [2.24, 2.45) is 5.41 Å². The van der Waals surface area contributed by atoms with E-state index < -0.39 is 0 Å². The molecule has 2 fully saturated rings. The maximum Gasteiger partial charge on any atom is 0.0547 e. The summed E-state index contributed by atoms with van der Waals surface area (Å²) in [6, 6.07) is 9.48. The summed E-state index contributed by atoms with van der Waals surface area (Å²) in [5.74, 6) is 0. The van der Waals surface area contributed by atoms with E-state index in [0.717, 1.165) is 38.9 Å². The van der Waals surface area contributed by atoms with Crippen LogP contribution < -0.4 is 5.32 Å². The number of nitrogens with one attached hydrogen (secondary N) is 1. The van der Waals surface area contributed by atoms with Gasteiger partial charge in [-0.3, -0.25) is 0 Å². The lowest BCUT2D eigenvalue weighted by Crippen LogP contribution is -2.44. The van der Waals surface area contributed by atoms with Gasteiger partial charge in [-0.2, -0.15) is 0 Å². The summed E-state index contributed by atoms with van der Waals surface area (Å²) in [5, 5.41) is 3.71. The molecule has 1 aromatic rings. The Morgan fingerprint density at radius 1 is 1.33 bits per heavy atom. The van der Waals surface area contributed by atoms with Crippen LogP contribution in [0.1, 0.15) is 30.4 Å². The van der Waals surface area contributed by atoms with Crippen LogP contribution in [0.2, 0.25) is 0 Å². The quantitative estimate of drug-likeness (QED) is 0.834. The average molecular weight is 288 g/mol. The highest BCUT2D eigenvalue weighted by molar-refractivity contribution is 5.25. The van der Waals surface area contributed by atoms with E-state index in [0.29, 0.717) is 5.41 Å². The molecule has 0 spiro atoms. The molecule has 0 radical (unpaired) electrons. The van der Waals surface area contributed by atoms with Crippen LogP contribution in [0.25, 0.3) is 0 Å². The summed E-state index contributed by atoms with van der Waals surface area (Å²) in [7, 11) is 2.24. The SMILES string of the molecule is Cc1ccccc1CN(C)CC1(CNC2CC2)CCOC1. The Kier molecular flexibility index (Phi) is 4.63. The molecule has 1 atom stereocenters. The monoisotopic (exact) mass is 288 g/mol. The van der Waals surface area contributed by atoms with E-state index >= 15 is 0 Å². The van der Waals surface area contributed by atoms with Gasteiger partial charge in [0, 0.05) is 37.7 Å². The highest BCUT2D eigenvalue weighted by Gasteiger charge is 2.37. The fourth-order valence-corrected chi connectivity index (χ4v) is 3.32. The van der Waals surface area contributed by atoms with Gasteiger partial charge in [-0.25, -0.2) is 0 Å². The molecule has 116 valence electrons. The Morgan fingerprint density at radius 2 is 2.14 bits per heavy atom. The summed E-state index contributed by atoms with van der Waals surface area (Å²) >= 11 is 0. The van der Waals surface area contributed by atoms with Crippen LogP contribution in [-0.2, 0) is 11.3 Å². The molecule has 1 saturated carbocycles. The standard InChI is InChI=1S/C18H28N2O/c1-15-5-3-4-6-16(15)11-20(2)13-18(9-10-21-14-18)12-19-17-7-8-17/h3-6,17,19H,7-14H2,1-2H3. The third-order valence-corrected chi connectivity index (χ3v) is 4.83. The lowest BCUT2D eigenvalue weighted by Gasteiger charge is -2.33. The van der Waals surface area contributed by atoms with Gasteiger partial charge >= 0.3 is 0 Å².